The van der Waals surface area contributed by atoms with E-state index in [0.717, 1.165) is 18.9 Å². The summed E-state index contributed by atoms with van der Waals surface area (Å²) in [6, 6.07) is 9.67. The van der Waals surface area contributed by atoms with Crippen LogP contribution in [0.4, 0.5) is 0 Å². The Hall–Kier alpha value is -1.19. The number of aromatic nitrogens is 1. The minimum atomic E-state index is 0.662. The number of rotatable bonds is 5. The fourth-order valence-electron chi connectivity index (χ4n) is 2.72. The van der Waals surface area contributed by atoms with Gasteiger partial charge in [0.05, 0.1) is 0 Å². The Kier molecular flexibility index (Phi) is 4.18. The number of hydrogen-bond acceptors (Lipinski definition) is 3. The molecule has 1 aliphatic carbocycles. The summed E-state index contributed by atoms with van der Waals surface area (Å²) in [5.41, 5.74) is 2.84. The molecule has 3 heteroatoms. The van der Waals surface area contributed by atoms with Gasteiger partial charge in [0.1, 0.15) is 5.01 Å². The van der Waals surface area contributed by atoms with Crippen LogP contribution in [0.5, 0.6) is 0 Å². The van der Waals surface area contributed by atoms with Crippen LogP contribution in [0.15, 0.2) is 30.5 Å². The molecule has 0 amide bonds. The summed E-state index contributed by atoms with van der Waals surface area (Å²) in [5, 5.41) is 4.85. The van der Waals surface area contributed by atoms with Gasteiger partial charge in [0.25, 0.3) is 0 Å². The highest BCUT2D eigenvalue weighted by atomic mass is 32.1. The minimum absolute atomic E-state index is 0.662. The summed E-state index contributed by atoms with van der Waals surface area (Å²) in [6.45, 7) is 5.26. The first-order valence-corrected chi connectivity index (χ1v) is 8.29. The fraction of sp³-hybridized carbons (Fsp3) is 0.471. The van der Waals surface area contributed by atoms with Crippen molar-refractivity contribution in [2.75, 3.05) is 0 Å². The van der Waals surface area contributed by atoms with Gasteiger partial charge in [-0.2, -0.15) is 0 Å². The molecule has 0 unspecified atom stereocenters. The quantitative estimate of drug-likeness (QED) is 0.897. The van der Waals surface area contributed by atoms with Crippen LogP contribution in [0.3, 0.4) is 0 Å². The molecule has 0 radical (unpaired) electrons. The van der Waals surface area contributed by atoms with Crippen molar-refractivity contribution >= 4 is 11.3 Å². The van der Waals surface area contributed by atoms with Crippen LogP contribution in [0, 0.1) is 6.92 Å². The monoisotopic (exact) mass is 286 g/mol. The standard InChI is InChI=1S/C17H22N2S/c1-3-16-10-19-17(20-16)11-18-15-8-14(9-15)13-6-4-12(2)5-7-13/h4-7,10,14-15,18H,3,8-9,11H2,1-2H3. The predicted octanol–water partition coefficient (Wildman–Crippen LogP) is 4.05. The van der Waals surface area contributed by atoms with Crippen molar-refractivity contribution in [1.82, 2.24) is 10.3 Å². The number of thiazole rings is 1. The maximum Gasteiger partial charge on any atom is 0.107 e. The number of hydrogen-bond donors (Lipinski definition) is 1. The zero-order valence-corrected chi connectivity index (χ0v) is 13.0. The van der Waals surface area contributed by atoms with Gasteiger partial charge in [-0.15, -0.1) is 11.3 Å². The van der Waals surface area contributed by atoms with Crippen molar-refractivity contribution in [3.8, 4) is 0 Å². The highest BCUT2D eigenvalue weighted by Gasteiger charge is 2.29. The molecule has 3 rings (SSSR count). The molecule has 1 fully saturated rings. The molecule has 0 spiro atoms. The molecule has 0 bridgehead atoms. The lowest BCUT2D eigenvalue weighted by Gasteiger charge is -2.36. The van der Waals surface area contributed by atoms with Crippen molar-refractivity contribution in [3.05, 3.63) is 51.5 Å². The van der Waals surface area contributed by atoms with E-state index in [1.807, 2.05) is 17.5 Å². The Morgan fingerprint density at radius 2 is 2.00 bits per heavy atom. The van der Waals surface area contributed by atoms with Gasteiger partial charge in [-0.3, -0.25) is 0 Å². The molecule has 0 aliphatic heterocycles. The first-order chi connectivity index (χ1) is 9.74. The zero-order chi connectivity index (χ0) is 13.9. The van der Waals surface area contributed by atoms with Gasteiger partial charge in [-0.1, -0.05) is 36.8 Å². The molecular formula is C17H22N2S. The normalized spacial score (nSPS) is 21.7. The van der Waals surface area contributed by atoms with E-state index in [-0.39, 0.29) is 0 Å². The van der Waals surface area contributed by atoms with E-state index in [9.17, 15) is 0 Å². The molecule has 106 valence electrons. The van der Waals surface area contributed by atoms with Gasteiger partial charge in [0, 0.05) is 23.7 Å². The van der Waals surface area contributed by atoms with Crippen LogP contribution in [-0.4, -0.2) is 11.0 Å². The average Bonchev–Trinajstić information content (AvgIpc) is 2.87. The van der Waals surface area contributed by atoms with E-state index >= 15 is 0 Å². The first-order valence-electron chi connectivity index (χ1n) is 7.48. The Balaban J connectivity index is 1.45. The third-order valence-electron chi connectivity index (χ3n) is 4.18. The molecule has 1 heterocycles. The second-order valence-electron chi connectivity index (χ2n) is 5.73. The smallest absolute Gasteiger partial charge is 0.107 e. The van der Waals surface area contributed by atoms with Crippen molar-refractivity contribution in [1.29, 1.82) is 0 Å². The van der Waals surface area contributed by atoms with E-state index in [1.54, 1.807) is 0 Å². The fourth-order valence-corrected chi connectivity index (χ4v) is 3.53. The molecule has 1 N–H and O–H groups in total. The summed E-state index contributed by atoms with van der Waals surface area (Å²) in [7, 11) is 0. The highest BCUT2D eigenvalue weighted by Crippen LogP contribution is 2.37. The van der Waals surface area contributed by atoms with Gasteiger partial charge in [-0.05, 0) is 37.7 Å². The average molecular weight is 286 g/mol. The van der Waals surface area contributed by atoms with E-state index in [0.29, 0.717) is 6.04 Å². The second kappa shape index (κ2) is 6.06. The largest absolute Gasteiger partial charge is 0.308 e. The van der Waals surface area contributed by atoms with Crippen LogP contribution in [0.25, 0.3) is 0 Å². The van der Waals surface area contributed by atoms with Crippen LogP contribution >= 0.6 is 11.3 Å². The van der Waals surface area contributed by atoms with Gasteiger partial charge >= 0.3 is 0 Å². The lowest BCUT2D eigenvalue weighted by molar-refractivity contribution is 0.289. The molecule has 0 saturated heterocycles. The number of aryl methyl sites for hydroxylation is 2. The maximum absolute atomic E-state index is 4.46. The third kappa shape index (κ3) is 3.10. The first kappa shape index (κ1) is 13.8. The van der Waals surface area contributed by atoms with Gasteiger partial charge in [0.2, 0.25) is 0 Å². The third-order valence-corrected chi connectivity index (χ3v) is 5.32. The summed E-state index contributed by atoms with van der Waals surface area (Å²) >= 11 is 1.83. The van der Waals surface area contributed by atoms with Crippen molar-refractivity contribution in [2.24, 2.45) is 0 Å². The minimum Gasteiger partial charge on any atom is -0.308 e. The SMILES string of the molecule is CCc1cnc(CNC2CC(c3ccc(C)cc3)C2)s1. The molecule has 1 aliphatic rings. The molecule has 1 saturated carbocycles. The van der Waals surface area contributed by atoms with Crippen molar-refractivity contribution < 1.29 is 0 Å². The van der Waals surface area contributed by atoms with E-state index in [2.05, 4.69) is 48.4 Å². The Morgan fingerprint density at radius 3 is 2.65 bits per heavy atom. The van der Waals surface area contributed by atoms with Gasteiger partial charge in [-0.25, -0.2) is 4.98 Å². The van der Waals surface area contributed by atoms with Gasteiger partial charge in [0.15, 0.2) is 0 Å². The molecule has 1 aromatic carbocycles. The molecular weight excluding hydrogens is 264 g/mol. The number of benzene rings is 1. The predicted molar refractivity (Wildman–Crippen MR) is 85.3 cm³/mol. The zero-order valence-electron chi connectivity index (χ0n) is 12.2. The highest BCUT2D eigenvalue weighted by molar-refractivity contribution is 7.11. The van der Waals surface area contributed by atoms with E-state index in [1.165, 1.54) is 33.9 Å². The lowest BCUT2D eigenvalue weighted by Crippen LogP contribution is -2.39. The van der Waals surface area contributed by atoms with E-state index in [4.69, 9.17) is 0 Å². The van der Waals surface area contributed by atoms with Crippen LogP contribution < -0.4 is 5.32 Å². The van der Waals surface area contributed by atoms with E-state index < -0.39 is 0 Å². The van der Waals surface area contributed by atoms with Crippen LogP contribution in [0.2, 0.25) is 0 Å². The molecule has 1 aromatic heterocycles. The lowest BCUT2D eigenvalue weighted by atomic mass is 9.76. The second-order valence-corrected chi connectivity index (χ2v) is 6.93. The van der Waals surface area contributed by atoms with Crippen LogP contribution in [0.1, 0.15) is 46.7 Å². The Morgan fingerprint density at radius 1 is 1.25 bits per heavy atom. The summed E-state index contributed by atoms with van der Waals surface area (Å²) in [6.07, 6.45) is 5.62. The van der Waals surface area contributed by atoms with Crippen LogP contribution in [-0.2, 0) is 13.0 Å². The molecule has 2 aromatic rings. The summed E-state index contributed by atoms with van der Waals surface area (Å²) in [4.78, 5) is 5.84. The maximum atomic E-state index is 4.46. The summed E-state index contributed by atoms with van der Waals surface area (Å²) < 4.78 is 0. The molecule has 2 nitrogen and oxygen atoms in total. The number of nitrogens with zero attached hydrogens (tertiary/aromatic N) is 1. The van der Waals surface area contributed by atoms with Gasteiger partial charge < -0.3 is 5.32 Å². The Labute approximate surface area is 125 Å². The van der Waals surface area contributed by atoms with Crippen molar-refractivity contribution in [3.63, 3.8) is 0 Å². The van der Waals surface area contributed by atoms with Crippen molar-refractivity contribution in [2.45, 2.75) is 51.6 Å². The Bertz CT molecular complexity index is 553. The molecule has 20 heavy (non-hydrogen) atoms. The molecule has 0 atom stereocenters. The topological polar surface area (TPSA) is 24.9 Å². The summed E-state index contributed by atoms with van der Waals surface area (Å²) in [5.74, 6) is 0.746. The number of nitrogens with one attached hydrogen (secondary N) is 1.